The van der Waals surface area contributed by atoms with E-state index in [0.29, 0.717) is 40.3 Å². The molecule has 0 bridgehead atoms. The largest absolute Gasteiger partial charge is 0.497 e. The molecule has 3 aromatic carbocycles. The molecule has 0 saturated carbocycles. The zero-order chi connectivity index (χ0) is 31.0. The summed E-state index contributed by atoms with van der Waals surface area (Å²) >= 11 is 12.2. The molecule has 4 rings (SSSR count). The molecule has 1 N–H and O–H groups in total. The first-order valence-electron chi connectivity index (χ1n) is 13.5. The number of carbonyl (C=O) groups is 2. The van der Waals surface area contributed by atoms with E-state index in [1.54, 1.807) is 44.4 Å². The third kappa shape index (κ3) is 8.61. The van der Waals surface area contributed by atoms with Crippen molar-refractivity contribution in [3.63, 3.8) is 0 Å². The van der Waals surface area contributed by atoms with Crippen LogP contribution in [0.3, 0.4) is 0 Å². The maximum absolute atomic E-state index is 13.4. The van der Waals surface area contributed by atoms with Gasteiger partial charge in [0, 0.05) is 36.2 Å². The van der Waals surface area contributed by atoms with Gasteiger partial charge < -0.3 is 24.4 Å². The first kappa shape index (κ1) is 32.6. The molecule has 0 radical (unpaired) electrons. The van der Waals surface area contributed by atoms with Crippen LogP contribution in [-0.4, -0.2) is 75.5 Å². The highest BCUT2D eigenvalue weighted by molar-refractivity contribution is 7.89. The summed E-state index contributed by atoms with van der Waals surface area (Å²) in [6, 6.07) is 17.2. The molecule has 230 valence electrons. The van der Waals surface area contributed by atoms with Crippen molar-refractivity contribution in [2.45, 2.75) is 31.0 Å². The summed E-state index contributed by atoms with van der Waals surface area (Å²) in [6.07, 6.45) is 0. The molecule has 0 aromatic heterocycles. The molecule has 10 nitrogen and oxygen atoms in total. The first-order valence-corrected chi connectivity index (χ1v) is 15.7. The highest BCUT2D eigenvalue weighted by Crippen LogP contribution is 2.22. The Morgan fingerprint density at radius 2 is 1.65 bits per heavy atom. The van der Waals surface area contributed by atoms with E-state index in [1.807, 2.05) is 12.1 Å². The maximum Gasteiger partial charge on any atom is 0.261 e. The second-order valence-electron chi connectivity index (χ2n) is 9.78. The Morgan fingerprint density at radius 3 is 2.28 bits per heavy atom. The number of halogens is 2. The number of benzene rings is 3. The summed E-state index contributed by atoms with van der Waals surface area (Å²) in [7, 11) is -2.10. The molecule has 1 fully saturated rings. The second kappa shape index (κ2) is 14.9. The van der Waals surface area contributed by atoms with Gasteiger partial charge in [-0.25, -0.2) is 8.42 Å². The number of hydrogen-bond acceptors (Lipinski definition) is 7. The first-order chi connectivity index (χ1) is 20.6. The van der Waals surface area contributed by atoms with Crippen molar-refractivity contribution in [3.05, 3.63) is 87.9 Å². The van der Waals surface area contributed by atoms with Crippen LogP contribution in [0, 0.1) is 0 Å². The van der Waals surface area contributed by atoms with Crippen molar-refractivity contribution in [2.24, 2.45) is 0 Å². The summed E-state index contributed by atoms with van der Waals surface area (Å²) in [5.74, 6) is 0.154. The van der Waals surface area contributed by atoms with Crippen LogP contribution in [0.1, 0.15) is 18.1 Å². The van der Waals surface area contributed by atoms with Gasteiger partial charge in [-0.15, -0.1) is 0 Å². The van der Waals surface area contributed by atoms with Crippen LogP contribution < -0.4 is 14.8 Å². The van der Waals surface area contributed by atoms with Gasteiger partial charge in [0.2, 0.25) is 15.9 Å². The number of sulfonamides is 1. The van der Waals surface area contributed by atoms with Crippen LogP contribution >= 0.6 is 23.2 Å². The lowest BCUT2D eigenvalue weighted by Crippen LogP contribution is -2.48. The molecule has 0 spiro atoms. The van der Waals surface area contributed by atoms with Crippen LogP contribution in [-0.2, 0) is 37.4 Å². The fourth-order valence-electron chi connectivity index (χ4n) is 4.38. The Bertz CT molecular complexity index is 1510. The lowest BCUT2D eigenvalue weighted by molar-refractivity contribution is -0.142. The number of ether oxygens (including phenoxy) is 3. The predicted octanol–water partition coefficient (Wildman–Crippen LogP) is 4.14. The van der Waals surface area contributed by atoms with Crippen LogP contribution in [0.25, 0.3) is 0 Å². The van der Waals surface area contributed by atoms with Crippen LogP contribution in [0.15, 0.2) is 71.6 Å². The molecule has 0 aliphatic carbocycles. The summed E-state index contributed by atoms with van der Waals surface area (Å²) in [5, 5.41) is 3.73. The van der Waals surface area contributed by atoms with Crippen LogP contribution in [0.2, 0.25) is 10.0 Å². The van der Waals surface area contributed by atoms with Gasteiger partial charge in [0.15, 0.2) is 6.61 Å². The van der Waals surface area contributed by atoms with Crippen molar-refractivity contribution in [1.29, 1.82) is 0 Å². The van der Waals surface area contributed by atoms with Gasteiger partial charge in [-0.3, -0.25) is 9.59 Å². The summed E-state index contributed by atoms with van der Waals surface area (Å²) in [6.45, 7) is 2.83. The molecule has 43 heavy (non-hydrogen) atoms. The van der Waals surface area contributed by atoms with Gasteiger partial charge in [0.1, 0.15) is 17.5 Å². The van der Waals surface area contributed by atoms with E-state index < -0.39 is 22.0 Å². The molecule has 1 aliphatic heterocycles. The van der Waals surface area contributed by atoms with Crippen LogP contribution in [0.5, 0.6) is 11.5 Å². The quantitative estimate of drug-likeness (QED) is 0.314. The lowest BCUT2D eigenvalue weighted by atomic mass is 10.1. The van der Waals surface area contributed by atoms with E-state index in [2.05, 4.69) is 5.32 Å². The molecule has 3 aromatic rings. The smallest absolute Gasteiger partial charge is 0.261 e. The molecular weight excluding hydrogens is 617 g/mol. The van der Waals surface area contributed by atoms with Crippen LogP contribution in [0.4, 0.5) is 0 Å². The summed E-state index contributed by atoms with van der Waals surface area (Å²) in [5.41, 5.74) is 1.47. The average molecular weight is 651 g/mol. The van der Waals surface area contributed by atoms with E-state index >= 15 is 0 Å². The Labute approximate surface area is 261 Å². The number of rotatable bonds is 12. The van der Waals surface area contributed by atoms with Gasteiger partial charge in [0.05, 0.1) is 25.2 Å². The number of carbonyl (C=O) groups excluding carboxylic acids is 2. The normalized spacial score (nSPS) is 14.5. The third-order valence-corrected chi connectivity index (χ3v) is 9.44. The molecule has 13 heteroatoms. The Morgan fingerprint density at radius 1 is 1.00 bits per heavy atom. The second-order valence-corrected chi connectivity index (χ2v) is 12.6. The number of morpholine rings is 1. The van der Waals surface area contributed by atoms with Crippen molar-refractivity contribution in [1.82, 2.24) is 14.5 Å². The minimum Gasteiger partial charge on any atom is -0.497 e. The summed E-state index contributed by atoms with van der Waals surface area (Å²) < 4.78 is 43.3. The zero-order valence-corrected chi connectivity index (χ0v) is 26.1. The van der Waals surface area contributed by atoms with Gasteiger partial charge in [-0.1, -0.05) is 41.4 Å². The zero-order valence-electron chi connectivity index (χ0n) is 23.8. The van der Waals surface area contributed by atoms with Gasteiger partial charge >= 0.3 is 0 Å². The fourth-order valence-corrected chi connectivity index (χ4v) is 6.26. The third-order valence-electron chi connectivity index (χ3n) is 6.94. The SMILES string of the molecule is COc1ccc(CN(C(=O)COc2ccc(S(=O)(=O)N3CCOCC3)cc2)[C@@H](C)C(=O)NCc2ccc(Cl)cc2Cl)cc1. The number of amides is 2. The molecule has 0 unspecified atom stereocenters. The van der Waals surface area contributed by atoms with E-state index in [4.69, 9.17) is 37.4 Å². The lowest BCUT2D eigenvalue weighted by Gasteiger charge is -2.29. The van der Waals surface area contributed by atoms with Gasteiger partial charge in [0.25, 0.3) is 5.91 Å². The number of methoxy groups -OCH3 is 1. The van der Waals surface area contributed by atoms with E-state index in [9.17, 15) is 18.0 Å². The highest BCUT2D eigenvalue weighted by Gasteiger charge is 2.28. The molecule has 1 saturated heterocycles. The number of nitrogens with zero attached hydrogens (tertiary/aromatic N) is 2. The molecular formula is C30H33Cl2N3O7S. The number of hydrogen-bond donors (Lipinski definition) is 1. The van der Waals surface area contributed by atoms with E-state index in [1.165, 1.54) is 33.5 Å². The Balaban J connectivity index is 1.44. The Hall–Kier alpha value is -3.35. The van der Waals surface area contributed by atoms with Crippen molar-refractivity contribution < 1.29 is 32.2 Å². The Kier molecular flexibility index (Phi) is 11.3. The number of nitrogens with one attached hydrogen (secondary N) is 1. The maximum atomic E-state index is 13.4. The van der Waals surface area contributed by atoms with Crippen molar-refractivity contribution in [2.75, 3.05) is 40.0 Å². The van der Waals surface area contributed by atoms with Gasteiger partial charge in [-0.2, -0.15) is 4.31 Å². The molecule has 1 aliphatic rings. The van der Waals surface area contributed by atoms with Crippen molar-refractivity contribution >= 4 is 45.0 Å². The van der Waals surface area contributed by atoms with E-state index in [0.717, 1.165) is 5.56 Å². The monoisotopic (exact) mass is 649 g/mol. The van der Waals surface area contributed by atoms with Crippen molar-refractivity contribution in [3.8, 4) is 11.5 Å². The minimum atomic E-state index is -3.66. The summed E-state index contributed by atoms with van der Waals surface area (Å²) in [4.78, 5) is 28.1. The predicted molar refractivity (Wildman–Crippen MR) is 163 cm³/mol. The average Bonchev–Trinajstić information content (AvgIpc) is 3.02. The minimum absolute atomic E-state index is 0.125. The molecule has 1 heterocycles. The molecule has 2 amide bonds. The van der Waals surface area contributed by atoms with Gasteiger partial charge in [-0.05, 0) is 66.6 Å². The standard InChI is InChI=1S/C30H33Cl2N3O7S/c1-21(30(37)33-18-23-5-6-24(31)17-28(23)32)35(19-22-3-7-25(40-2)8-4-22)29(36)20-42-26-9-11-27(12-10-26)43(38,39)34-13-15-41-16-14-34/h3-12,17,21H,13-16,18-20H2,1-2H3,(H,33,37)/t21-/m0/s1. The van der Waals surface area contributed by atoms with E-state index in [-0.39, 0.29) is 43.6 Å². The fraction of sp³-hybridized carbons (Fsp3) is 0.333. The molecule has 1 atom stereocenters. The topological polar surface area (TPSA) is 114 Å². The highest BCUT2D eigenvalue weighted by atomic mass is 35.5.